The summed E-state index contributed by atoms with van der Waals surface area (Å²) < 4.78 is 25.6. The van der Waals surface area contributed by atoms with Gasteiger partial charge in [-0.25, -0.2) is 8.42 Å². The highest BCUT2D eigenvalue weighted by atomic mass is 32.2. The lowest BCUT2D eigenvalue weighted by molar-refractivity contribution is 0.247. The van der Waals surface area contributed by atoms with Crippen LogP contribution in [0.4, 0.5) is 5.69 Å². The van der Waals surface area contributed by atoms with E-state index in [-0.39, 0.29) is 5.92 Å². The first-order valence-electron chi connectivity index (χ1n) is 7.33. The van der Waals surface area contributed by atoms with Gasteiger partial charge in [-0.2, -0.15) is 0 Å². The summed E-state index contributed by atoms with van der Waals surface area (Å²) in [5.41, 5.74) is 0.703. The number of piperidine rings is 1. The molecular formula is C14H23BN2O3S. The van der Waals surface area contributed by atoms with Crippen LogP contribution in [0, 0.1) is 5.92 Å². The fourth-order valence-corrected chi connectivity index (χ4v) is 3.83. The Balaban J connectivity index is 2.13. The number of benzene rings is 1. The smallest absolute Gasteiger partial charge is 0.376 e. The Bertz CT molecular complexity index is 551. The first-order valence-corrected chi connectivity index (χ1v) is 9.17. The molecule has 21 heavy (non-hydrogen) atoms. The van der Waals surface area contributed by atoms with Gasteiger partial charge in [0.1, 0.15) is 0 Å². The molecule has 0 aliphatic carbocycles. The first kappa shape index (κ1) is 16.3. The lowest BCUT2D eigenvalue weighted by Gasteiger charge is -2.36. The Hall–Kier alpha value is -1.05. The normalized spacial score (nSPS) is 20.2. The minimum absolute atomic E-state index is 0.239. The molecule has 1 aromatic carbocycles. The van der Waals surface area contributed by atoms with E-state index in [0.717, 1.165) is 25.9 Å². The van der Waals surface area contributed by atoms with E-state index in [0.29, 0.717) is 12.2 Å². The number of anilines is 1. The molecule has 0 aromatic heterocycles. The topological polar surface area (TPSA) is 60.9 Å². The summed E-state index contributed by atoms with van der Waals surface area (Å²) >= 11 is 0. The van der Waals surface area contributed by atoms with Crippen molar-refractivity contribution >= 4 is 22.8 Å². The zero-order valence-electron chi connectivity index (χ0n) is 12.6. The monoisotopic (exact) mass is 310 g/mol. The molecule has 1 fully saturated rings. The molecule has 1 atom stereocenters. The van der Waals surface area contributed by atoms with E-state index < -0.39 is 17.1 Å². The van der Waals surface area contributed by atoms with Crippen molar-refractivity contribution in [2.24, 2.45) is 5.92 Å². The van der Waals surface area contributed by atoms with Gasteiger partial charge in [0.25, 0.3) is 0 Å². The standard InChI is InChI=1S/C14H23BN2O3S/c1-15(18)16-10-6-7-13(11-16)12-17(21(2,19)20)14-8-4-3-5-9-14/h3-5,8-9,13,18H,6-7,10-12H2,1-2H3/t13-/m1/s1. The van der Waals surface area contributed by atoms with Gasteiger partial charge in [0.2, 0.25) is 10.0 Å². The van der Waals surface area contributed by atoms with Crippen LogP contribution in [0.5, 0.6) is 0 Å². The van der Waals surface area contributed by atoms with Crippen LogP contribution in [0.3, 0.4) is 0 Å². The Morgan fingerprint density at radius 3 is 2.62 bits per heavy atom. The van der Waals surface area contributed by atoms with E-state index in [1.165, 1.54) is 10.6 Å². The van der Waals surface area contributed by atoms with Gasteiger partial charge in [0, 0.05) is 6.54 Å². The van der Waals surface area contributed by atoms with E-state index in [4.69, 9.17) is 0 Å². The second-order valence-corrected chi connectivity index (χ2v) is 7.67. The summed E-state index contributed by atoms with van der Waals surface area (Å²) in [4.78, 5) is 2.00. The van der Waals surface area contributed by atoms with Crippen LogP contribution >= 0.6 is 0 Å². The molecule has 0 amide bonds. The Morgan fingerprint density at radius 2 is 2.05 bits per heavy atom. The van der Waals surface area contributed by atoms with Gasteiger partial charge >= 0.3 is 7.05 Å². The van der Waals surface area contributed by atoms with Crippen LogP contribution in [0.15, 0.2) is 30.3 Å². The number of sulfonamides is 1. The van der Waals surface area contributed by atoms with Gasteiger partial charge < -0.3 is 9.83 Å². The molecule has 0 unspecified atom stereocenters. The summed E-state index contributed by atoms with van der Waals surface area (Å²) in [6.45, 7) is 3.83. The minimum Gasteiger partial charge on any atom is -0.437 e. The summed E-state index contributed by atoms with van der Waals surface area (Å²) in [5, 5.41) is 9.70. The molecule has 0 saturated carbocycles. The van der Waals surface area contributed by atoms with Crippen LogP contribution < -0.4 is 4.31 Å². The lowest BCUT2D eigenvalue weighted by Crippen LogP contribution is -2.47. The maximum atomic E-state index is 12.1. The van der Waals surface area contributed by atoms with E-state index in [1.807, 2.05) is 35.1 Å². The molecule has 5 nitrogen and oxygen atoms in total. The van der Waals surface area contributed by atoms with Crippen molar-refractivity contribution in [1.29, 1.82) is 0 Å². The Kier molecular flexibility index (Phi) is 5.29. The third-order valence-corrected chi connectivity index (χ3v) is 5.11. The van der Waals surface area contributed by atoms with Crippen molar-refractivity contribution in [3.63, 3.8) is 0 Å². The predicted octanol–water partition coefficient (Wildman–Crippen LogP) is 1.27. The maximum absolute atomic E-state index is 12.1. The van der Waals surface area contributed by atoms with Crippen molar-refractivity contribution < 1.29 is 13.4 Å². The highest BCUT2D eigenvalue weighted by molar-refractivity contribution is 7.92. The molecule has 1 N–H and O–H groups in total. The highest BCUT2D eigenvalue weighted by Gasteiger charge is 2.28. The Morgan fingerprint density at radius 1 is 1.38 bits per heavy atom. The molecule has 1 aliphatic rings. The van der Waals surface area contributed by atoms with E-state index >= 15 is 0 Å². The van der Waals surface area contributed by atoms with Crippen molar-refractivity contribution in [3.05, 3.63) is 30.3 Å². The predicted molar refractivity (Wildman–Crippen MR) is 86.8 cm³/mol. The fraction of sp³-hybridized carbons (Fsp3) is 0.571. The molecule has 0 bridgehead atoms. The van der Waals surface area contributed by atoms with Crippen molar-refractivity contribution in [1.82, 2.24) is 4.81 Å². The third-order valence-electron chi connectivity index (χ3n) is 3.95. The molecule has 7 heteroatoms. The quantitative estimate of drug-likeness (QED) is 0.832. The molecule has 0 radical (unpaired) electrons. The van der Waals surface area contributed by atoms with Gasteiger partial charge in [-0.05, 0) is 50.8 Å². The summed E-state index contributed by atoms with van der Waals surface area (Å²) in [7, 11) is -3.78. The lowest BCUT2D eigenvalue weighted by atomic mass is 9.80. The van der Waals surface area contributed by atoms with Gasteiger partial charge in [-0.3, -0.25) is 4.31 Å². The van der Waals surface area contributed by atoms with Crippen LogP contribution in [-0.2, 0) is 10.0 Å². The minimum atomic E-state index is -3.30. The Labute approximate surface area is 127 Å². The highest BCUT2D eigenvalue weighted by Crippen LogP contribution is 2.23. The van der Waals surface area contributed by atoms with Crippen LogP contribution in [0.1, 0.15) is 12.8 Å². The summed E-state index contributed by atoms with van der Waals surface area (Å²) in [5.74, 6) is 0.239. The largest absolute Gasteiger partial charge is 0.437 e. The summed E-state index contributed by atoms with van der Waals surface area (Å²) in [6.07, 6.45) is 3.22. The number of rotatable bonds is 5. The number of nitrogens with zero attached hydrogens (tertiary/aromatic N) is 2. The molecule has 1 saturated heterocycles. The van der Waals surface area contributed by atoms with Crippen molar-refractivity contribution in [3.8, 4) is 0 Å². The maximum Gasteiger partial charge on any atom is 0.376 e. The van der Waals surface area contributed by atoms with Gasteiger partial charge in [0.15, 0.2) is 0 Å². The summed E-state index contributed by atoms with van der Waals surface area (Å²) in [6, 6.07) is 9.19. The molecule has 2 rings (SSSR count). The molecule has 1 aliphatic heterocycles. The van der Waals surface area contributed by atoms with Crippen molar-refractivity contribution in [2.45, 2.75) is 19.7 Å². The molecule has 0 spiro atoms. The molecule has 1 aromatic rings. The van der Waals surface area contributed by atoms with Crippen LogP contribution in [0.2, 0.25) is 6.82 Å². The zero-order chi connectivity index (χ0) is 15.5. The average molecular weight is 310 g/mol. The average Bonchev–Trinajstić information content (AvgIpc) is 2.45. The fourth-order valence-electron chi connectivity index (χ4n) is 2.85. The molecular weight excluding hydrogens is 287 g/mol. The number of para-hydroxylation sites is 1. The van der Waals surface area contributed by atoms with Gasteiger partial charge in [-0.1, -0.05) is 18.2 Å². The first-order chi connectivity index (χ1) is 9.88. The van der Waals surface area contributed by atoms with Gasteiger partial charge in [-0.15, -0.1) is 0 Å². The van der Waals surface area contributed by atoms with E-state index in [9.17, 15) is 13.4 Å². The third kappa shape index (κ3) is 4.46. The van der Waals surface area contributed by atoms with Crippen molar-refractivity contribution in [2.75, 3.05) is 30.2 Å². The zero-order valence-corrected chi connectivity index (χ0v) is 13.5. The molecule has 116 valence electrons. The number of hydrogen-bond donors (Lipinski definition) is 1. The molecule has 1 heterocycles. The van der Waals surface area contributed by atoms with Crippen LogP contribution in [-0.4, -0.2) is 51.2 Å². The van der Waals surface area contributed by atoms with Gasteiger partial charge in [0.05, 0.1) is 11.9 Å². The number of hydrogen-bond acceptors (Lipinski definition) is 4. The van der Waals surface area contributed by atoms with Crippen LogP contribution in [0.25, 0.3) is 0 Å². The van der Waals surface area contributed by atoms with E-state index in [2.05, 4.69) is 0 Å². The van der Waals surface area contributed by atoms with E-state index in [1.54, 1.807) is 6.82 Å². The second kappa shape index (κ2) is 6.81. The second-order valence-electron chi connectivity index (χ2n) is 5.76. The SMILES string of the molecule is CB(O)N1CCC[C@@H](CN(c2ccccc2)S(C)(=O)=O)C1.